The number of nitrogens with one attached hydrogen (secondary N) is 3. The molecule has 0 aromatic heterocycles. The number of carbonyl (C=O) groups excluding carboxylic acids is 2. The molecule has 0 bridgehead atoms. The third-order valence-corrected chi connectivity index (χ3v) is 2.55. The van der Waals surface area contributed by atoms with Crippen LogP contribution in [0.25, 0.3) is 0 Å². The quantitative estimate of drug-likeness (QED) is 0.418. The molecule has 0 aromatic rings. The van der Waals surface area contributed by atoms with Crippen LogP contribution in [-0.2, 0) is 9.59 Å². The fourth-order valence-corrected chi connectivity index (χ4v) is 1.59. The Balaban J connectivity index is 2.28. The van der Waals surface area contributed by atoms with Crippen molar-refractivity contribution in [3.05, 3.63) is 0 Å². The largest absolute Gasteiger partial charge is 0.296 e. The lowest BCUT2D eigenvalue weighted by atomic mass is 9.66. The lowest BCUT2D eigenvalue weighted by Gasteiger charge is -2.41. The predicted octanol–water partition coefficient (Wildman–Crippen LogP) is -0.663. The van der Waals surface area contributed by atoms with Gasteiger partial charge in [0.05, 0.1) is 0 Å². The van der Waals surface area contributed by atoms with Crippen molar-refractivity contribution in [3.8, 4) is 0 Å². The molecular formula is C7H9N3O2. The summed E-state index contributed by atoms with van der Waals surface area (Å²) in [6.45, 7) is 0. The van der Waals surface area contributed by atoms with Gasteiger partial charge in [-0.05, 0) is 12.8 Å². The number of hydrogen-bond donors (Lipinski definition) is 3. The first-order valence-electron chi connectivity index (χ1n) is 3.87. The van der Waals surface area contributed by atoms with Crippen LogP contribution in [-0.4, -0.2) is 17.8 Å². The molecule has 64 valence electrons. The van der Waals surface area contributed by atoms with E-state index in [9.17, 15) is 9.59 Å². The van der Waals surface area contributed by atoms with Gasteiger partial charge in [0.25, 0.3) is 0 Å². The standard InChI is InChI=1S/C7H9N3O2/c8-6-9-4(11)7(2-1-3-7)5(12)10-6/h1-3H2,(H3,8,9,10,11,12). The summed E-state index contributed by atoms with van der Waals surface area (Å²) in [7, 11) is 0. The highest BCUT2D eigenvalue weighted by atomic mass is 16.2. The molecule has 0 radical (unpaired) electrons. The maximum absolute atomic E-state index is 11.3. The Labute approximate surface area is 69.0 Å². The maximum Gasteiger partial charge on any atom is 0.242 e. The normalized spacial score (nSPS) is 26.2. The third kappa shape index (κ3) is 0.704. The average Bonchev–Trinajstić information content (AvgIpc) is 1.80. The zero-order valence-corrected chi connectivity index (χ0v) is 6.44. The zero-order chi connectivity index (χ0) is 8.77. The Morgan fingerprint density at radius 1 is 1.17 bits per heavy atom. The lowest BCUT2D eigenvalue weighted by Crippen LogP contribution is -2.65. The summed E-state index contributed by atoms with van der Waals surface area (Å²) in [5, 5.41) is 11.7. The summed E-state index contributed by atoms with van der Waals surface area (Å²) in [5.41, 5.74) is -0.843. The molecule has 0 aromatic carbocycles. The summed E-state index contributed by atoms with van der Waals surface area (Å²) >= 11 is 0. The van der Waals surface area contributed by atoms with Crippen molar-refractivity contribution in [2.75, 3.05) is 0 Å². The summed E-state index contributed by atoms with van der Waals surface area (Å²) in [5.74, 6) is -0.840. The molecule has 2 fully saturated rings. The second kappa shape index (κ2) is 2.06. The fraction of sp³-hybridized carbons (Fsp3) is 0.571. The van der Waals surface area contributed by atoms with Crippen LogP contribution in [0.5, 0.6) is 0 Å². The van der Waals surface area contributed by atoms with Gasteiger partial charge in [-0.25, -0.2) is 0 Å². The van der Waals surface area contributed by atoms with E-state index in [0.29, 0.717) is 12.8 Å². The van der Waals surface area contributed by atoms with E-state index in [0.717, 1.165) is 6.42 Å². The molecule has 0 unspecified atom stereocenters. The van der Waals surface area contributed by atoms with Gasteiger partial charge in [0.1, 0.15) is 5.41 Å². The highest BCUT2D eigenvalue weighted by Gasteiger charge is 2.53. The minimum Gasteiger partial charge on any atom is -0.296 e. The van der Waals surface area contributed by atoms with Crippen molar-refractivity contribution >= 4 is 17.8 Å². The van der Waals surface area contributed by atoms with E-state index in [1.807, 2.05) is 0 Å². The van der Waals surface area contributed by atoms with Crippen molar-refractivity contribution < 1.29 is 9.59 Å². The first-order valence-corrected chi connectivity index (χ1v) is 3.87. The number of amides is 2. The molecule has 1 aliphatic carbocycles. The first-order chi connectivity index (χ1) is 5.65. The van der Waals surface area contributed by atoms with Crippen LogP contribution < -0.4 is 10.6 Å². The molecule has 1 aliphatic heterocycles. The molecule has 12 heavy (non-hydrogen) atoms. The Morgan fingerprint density at radius 2 is 1.67 bits per heavy atom. The van der Waals surface area contributed by atoms with Crippen LogP contribution in [0.1, 0.15) is 19.3 Å². The van der Waals surface area contributed by atoms with Gasteiger partial charge in [-0.15, -0.1) is 0 Å². The molecule has 1 spiro atoms. The van der Waals surface area contributed by atoms with Gasteiger partial charge in [0.15, 0.2) is 0 Å². The van der Waals surface area contributed by atoms with Gasteiger partial charge < -0.3 is 0 Å². The fourth-order valence-electron chi connectivity index (χ4n) is 1.59. The van der Waals surface area contributed by atoms with Gasteiger partial charge in [-0.3, -0.25) is 25.6 Å². The molecule has 1 saturated carbocycles. The number of hydrogen-bond acceptors (Lipinski definition) is 3. The van der Waals surface area contributed by atoms with Gasteiger partial charge in [0, 0.05) is 0 Å². The molecular weight excluding hydrogens is 158 g/mol. The third-order valence-electron chi connectivity index (χ3n) is 2.55. The topological polar surface area (TPSA) is 82.1 Å². The monoisotopic (exact) mass is 167 g/mol. The van der Waals surface area contributed by atoms with Crippen LogP contribution in [0, 0.1) is 10.8 Å². The second-order valence-electron chi connectivity index (χ2n) is 3.22. The Kier molecular flexibility index (Phi) is 1.25. The van der Waals surface area contributed by atoms with E-state index in [-0.39, 0.29) is 17.8 Å². The van der Waals surface area contributed by atoms with Crippen molar-refractivity contribution in [2.24, 2.45) is 5.41 Å². The van der Waals surface area contributed by atoms with Gasteiger partial charge in [-0.1, -0.05) is 6.42 Å². The van der Waals surface area contributed by atoms with E-state index >= 15 is 0 Å². The first kappa shape index (κ1) is 7.27. The van der Waals surface area contributed by atoms with Crippen LogP contribution >= 0.6 is 0 Å². The van der Waals surface area contributed by atoms with Crippen molar-refractivity contribution in [2.45, 2.75) is 19.3 Å². The Morgan fingerprint density at radius 3 is 2.00 bits per heavy atom. The van der Waals surface area contributed by atoms with Gasteiger partial charge in [-0.2, -0.15) is 0 Å². The average molecular weight is 167 g/mol. The smallest absolute Gasteiger partial charge is 0.242 e. The number of guanidine groups is 1. The minimum atomic E-state index is -0.843. The summed E-state index contributed by atoms with van der Waals surface area (Å²) in [6, 6.07) is 0. The predicted molar refractivity (Wildman–Crippen MR) is 40.3 cm³/mol. The van der Waals surface area contributed by atoms with E-state index < -0.39 is 5.41 Å². The SMILES string of the molecule is N=C1NC(=O)C2(CCC2)C(=O)N1. The Hall–Kier alpha value is -1.39. The molecule has 2 rings (SSSR count). The highest BCUT2D eigenvalue weighted by molar-refractivity contribution is 6.20. The Bertz CT molecular complexity index is 258. The summed E-state index contributed by atoms with van der Waals surface area (Å²) in [6.07, 6.45) is 2.13. The molecule has 5 nitrogen and oxygen atoms in total. The minimum absolute atomic E-state index is 0.206. The van der Waals surface area contributed by atoms with Gasteiger partial charge >= 0.3 is 0 Å². The highest BCUT2D eigenvalue weighted by Crippen LogP contribution is 2.42. The van der Waals surface area contributed by atoms with E-state index in [1.165, 1.54) is 0 Å². The zero-order valence-electron chi connectivity index (χ0n) is 6.44. The van der Waals surface area contributed by atoms with Crippen LogP contribution in [0.2, 0.25) is 0 Å². The number of carbonyl (C=O) groups is 2. The van der Waals surface area contributed by atoms with Crippen molar-refractivity contribution in [1.82, 2.24) is 10.6 Å². The van der Waals surface area contributed by atoms with Crippen LogP contribution in [0.3, 0.4) is 0 Å². The second-order valence-corrected chi connectivity index (χ2v) is 3.22. The van der Waals surface area contributed by atoms with Crippen molar-refractivity contribution in [1.29, 1.82) is 5.41 Å². The van der Waals surface area contributed by atoms with Crippen LogP contribution in [0.4, 0.5) is 0 Å². The molecule has 5 heteroatoms. The molecule has 0 atom stereocenters. The lowest BCUT2D eigenvalue weighted by molar-refractivity contribution is -0.149. The molecule has 1 heterocycles. The molecule has 2 aliphatic rings. The summed E-state index contributed by atoms with van der Waals surface area (Å²) in [4.78, 5) is 22.6. The number of rotatable bonds is 0. The van der Waals surface area contributed by atoms with Crippen molar-refractivity contribution in [3.63, 3.8) is 0 Å². The molecule has 1 saturated heterocycles. The van der Waals surface area contributed by atoms with E-state index in [1.54, 1.807) is 0 Å². The van der Waals surface area contributed by atoms with Crippen LogP contribution in [0.15, 0.2) is 0 Å². The molecule has 2 amide bonds. The van der Waals surface area contributed by atoms with Gasteiger partial charge in [0.2, 0.25) is 17.8 Å². The summed E-state index contributed by atoms with van der Waals surface area (Å²) < 4.78 is 0. The van der Waals surface area contributed by atoms with E-state index in [4.69, 9.17) is 5.41 Å². The maximum atomic E-state index is 11.3. The van der Waals surface area contributed by atoms with E-state index in [2.05, 4.69) is 10.6 Å². The molecule has 3 N–H and O–H groups in total.